The molecular weight excluding hydrogens is 262 g/mol. The molecule has 2 N–H and O–H groups in total. The number of carbonyl (C=O) groups is 1. The van der Waals surface area contributed by atoms with Gasteiger partial charge in [0.25, 0.3) is 11.6 Å². The first-order valence-electron chi connectivity index (χ1n) is 6.71. The highest BCUT2D eigenvalue weighted by Gasteiger charge is 2.29. The maximum absolute atomic E-state index is 12.3. The van der Waals surface area contributed by atoms with Gasteiger partial charge in [0, 0.05) is 12.6 Å². The van der Waals surface area contributed by atoms with Gasteiger partial charge in [-0.15, -0.1) is 0 Å². The maximum atomic E-state index is 12.3. The van der Waals surface area contributed by atoms with Gasteiger partial charge in [-0.05, 0) is 19.8 Å². The number of carbonyl (C=O) groups excluding carboxylic acids is 1. The van der Waals surface area contributed by atoms with Gasteiger partial charge in [0.2, 0.25) is 0 Å². The average Bonchev–Trinajstić information content (AvgIpc) is 2.89. The number of nitrogens with one attached hydrogen (secondary N) is 1. The van der Waals surface area contributed by atoms with Gasteiger partial charge >= 0.3 is 0 Å². The van der Waals surface area contributed by atoms with Crippen molar-refractivity contribution in [1.29, 1.82) is 0 Å². The highest BCUT2D eigenvalue weighted by atomic mass is 16.6. The Bertz CT molecular complexity index is 484. The van der Waals surface area contributed by atoms with Crippen LogP contribution in [0.4, 0.5) is 5.69 Å². The Morgan fingerprint density at radius 2 is 2.05 bits per heavy atom. The Morgan fingerprint density at radius 3 is 2.45 bits per heavy atom. The fourth-order valence-corrected chi connectivity index (χ4v) is 2.04. The molecule has 0 aliphatic rings. The summed E-state index contributed by atoms with van der Waals surface area (Å²) in [6.07, 6.45) is 2.51. The molecule has 1 rings (SSSR count). The van der Waals surface area contributed by atoms with Crippen molar-refractivity contribution in [1.82, 2.24) is 9.88 Å². The zero-order valence-electron chi connectivity index (χ0n) is 12.0. The number of aliphatic hydroxyl groups is 1. The number of hydrogen-bond acceptors (Lipinski definition) is 4. The Kier molecular flexibility index (Phi) is 5.26. The van der Waals surface area contributed by atoms with Gasteiger partial charge in [0.15, 0.2) is 0 Å². The molecule has 0 aliphatic heterocycles. The molecule has 20 heavy (non-hydrogen) atoms. The normalized spacial score (nSPS) is 11.4. The lowest BCUT2D eigenvalue weighted by atomic mass is 9.93. The number of aromatic nitrogens is 1. The molecule has 1 amide bonds. The largest absolute Gasteiger partial charge is 0.394 e. The third-order valence-corrected chi connectivity index (χ3v) is 3.70. The van der Waals surface area contributed by atoms with Crippen LogP contribution in [0.25, 0.3) is 0 Å². The third-order valence-electron chi connectivity index (χ3n) is 3.70. The van der Waals surface area contributed by atoms with Crippen LogP contribution in [0.2, 0.25) is 0 Å². The molecule has 0 aromatic carbocycles. The van der Waals surface area contributed by atoms with Crippen LogP contribution in [0.5, 0.6) is 0 Å². The van der Waals surface area contributed by atoms with Crippen LogP contribution in [-0.4, -0.2) is 32.6 Å². The zero-order valence-corrected chi connectivity index (χ0v) is 12.0. The monoisotopic (exact) mass is 283 g/mol. The number of nitrogens with zero attached hydrogens (tertiary/aromatic N) is 2. The molecule has 1 aromatic rings. The van der Waals surface area contributed by atoms with Crippen molar-refractivity contribution in [2.24, 2.45) is 0 Å². The summed E-state index contributed by atoms with van der Waals surface area (Å²) < 4.78 is 1.53. The van der Waals surface area contributed by atoms with Crippen molar-refractivity contribution in [3.05, 3.63) is 28.1 Å². The summed E-state index contributed by atoms with van der Waals surface area (Å²) in [6, 6.07) is 1.26. The van der Waals surface area contributed by atoms with Crippen LogP contribution >= 0.6 is 0 Å². The quantitative estimate of drug-likeness (QED) is 0.588. The lowest BCUT2D eigenvalue weighted by Gasteiger charge is -2.30. The summed E-state index contributed by atoms with van der Waals surface area (Å²) >= 11 is 0. The van der Waals surface area contributed by atoms with E-state index in [0.717, 1.165) is 0 Å². The molecule has 0 fully saturated rings. The van der Waals surface area contributed by atoms with Gasteiger partial charge in [-0.3, -0.25) is 14.9 Å². The summed E-state index contributed by atoms with van der Waals surface area (Å²) in [5.74, 6) is -0.405. The van der Waals surface area contributed by atoms with Crippen molar-refractivity contribution < 1.29 is 14.8 Å². The summed E-state index contributed by atoms with van der Waals surface area (Å²) in [5.41, 5.74) is -0.562. The van der Waals surface area contributed by atoms with Crippen LogP contribution in [0, 0.1) is 10.1 Å². The second-order valence-electron chi connectivity index (χ2n) is 4.73. The van der Waals surface area contributed by atoms with Crippen LogP contribution in [-0.2, 0) is 6.54 Å². The van der Waals surface area contributed by atoms with E-state index in [2.05, 4.69) is 5.32 Å². The molecular formula is C13H21N3O4. The number of aliphatic hydroxyl groups excluding tert-OH is 1. The maximum Gasteiger partial charge on any atom is 0.287 e. The molecule has 0 bridgehead atoms. The SMILES string of the molecule is CCn1cc([N+](=O)[O-])cc1C(=O)NC(CC)(CC)CO. The molecule has 112 valence electrons. The smallest absolute Gasteiger partial charge is 0.287 e. The Hall–Kier alpha value is -1.89. The molecule has 1 aromatic heterocycles. The van der Waals surface area contributed by atoms with E-state index in [0.29, 0.717) is 19.4 Å². The van der Waals surface area contributed by atoms with E-state index >= 15 is 0 Å². The van der Waals surface area contributed by atoms with E-state index in [1.165, 1.54) is 16.8 Å². The Morgan fingerprint density at radius 1 is 1.45 bits per heavy atom. The molecule has 0 saturated carbocycles. The minimum Gasteiger partial charge on any atom is -0.394 e. The van der Waals surface area contributed by atoms with Crippen molar-refractivity contribution in [3.8, 4) is 0 Å². The molecule has 0 spiro atoms. The number of rotatable bonds is 7. The van der Waals surface area contributed by atoms with E-state index in [-0.39, 0.29) is 18.0 Å². The fourth-order valence-electron chi connectivity index (χ4n) is 2.04. The lowest BCUT2D eigenvalue weighted by molar-refractivity contribution is -0.384. The summed E-state index contributed by atoms with van der Waals surface area (Å²) in [4.78, 5) is 22.5. The molecule has 0 atom stereocenters. The molecule has 0 radical (unpaired) electrons. The van der Waals surface area contributed by atoms with Gasteiger partial charge in [-0.25, -0.2) is 0 Å². The van der Waals surface area contributed by atoms with Crippen LogP contribution in [0.15, 0.2) is 12.3 Å². The number of nitro groups is 1. The first-order valence-corrected chi connectivity index (χ1v) is 6.71. The average molecular weight is 283 g/mol. The van der Waals surface area contributed by atoms with Crippen LogP contribution in [0.3, 0.4) is 0 Å². The van der Waals surface area contributed by atoms with Crippen LogP contribution < -0.4 is 5.32 Å². The molecule has 1 heterocycles. The molecule has 7 nitrogen and oxygen atoms in total. The highest BCUT2D eigenvalue weighted by molar-refractivity contribution is 5.94. The second kappa shape index (κ2) is 6.51. The van der Waals surface area contributed by atoms with E-state index < -0.39 is 16.4 Å². The first kappa shape index (κ1) is 16.2. The molecule has 7 heteroatoms. The second-order valence-corrected chi connectivity index (χ2v) is 4.73. The summed E-state index contributed by atoms with van der Waals surface area (Å²) in [6.45, 7) is 5.85. The van der Waals surface area contributed by atoms with Gasteiger partial charge < -0.3 is 15.0 Å². The number of aryl methyl sites for hydroxylation is 1. The van der Waals surface area contributed by atoms with Gasteiger partial charge in [0.05, 0.1) is 23.3 Å². The Labute approximate surface area is 117 Å². The zero-order chi connectivity index (χ0) is 15.3. The fraction of sp³-hybridized carbons (Fsp3) is 0.615. The summed E-state index contributed by atoms with van der Waals surface area (Å²) in [7, 11) is 0. The Balaban J connectivity index is 3.05. The summed E-state index contributed by atoms with van der Waals surface area (Å²) in [5, 5.41) is 23.0. The van der Waals surface area contributed by atoms with E-state index in [1.54, 1.807) is 6.92 Å². The lowest BCUT2D eigenvalue weighted by Crippen LogP contribution is -2.50. The highest BCUT2D eigenvalue weighted by Crippen LogP contribution is 2.19. The van der Waals surface area contributed by atoms with Gasteiger partial charge in [-0.2, -0.15) is 0 Å². The van der Waals surface area contributed by atoms with Crippen molar-refractivity contribution in [3.63, 3.8) is 0 Å². The van der Waals surface area contributed by atoms with Gasteiger partial charge in [0.1, 0.15) is 5.69 Å². The van der Waals surface area contributed by atoms with Crippen molar-refractivity contribution in [2.45, 2.75) is 45.7 Å². The predicted octanol–water partition coefficient (Wildman–Crippen LogP) is 1.70. The topological polar surface area (TPSA) is 97.4 Å². The minimum atomic E-state index is -0.686. The standard InChI is InChI=1S/C13H21N3O4/c1-4-13(5-2,9-17)14-12(18)11-7-10(16(19)20)8-15(11)6-3/h7-8,17H,4-6,9H2,1-3H3,(H,14,18). The van der Waals surface area contributed by atoms with Crippen molar-refractivity contribution >= 4 is 11.6 Å². The van der Waals surface area contributed by atoms with Crippen LogP contribution in [0.1, 0.15) is 44.1 Å². The first-order chi connectivity index (χ1) is 9.42. The van der Waals surface area contributed by atoms with E-state index in [9.17, 15) is 20.0 Å². The molecule has 0 unspecified atom stereocenters. The third kappa shape index (κ3) is 3.16. The minimum absolute atomic E-state index is 0.111. The number of hydrogen-bond donors (Lipinski definition) is 2. The molecule has 0 aliphatic carbocycles. The van der Waals surface area contributed by atoms with E-state index in [1.807, 2.05) is 13.8 Å². The molecule has 0 saturated heterocycles. The van der Waals surface area contributed by atoms with Gasteiger partial charge in [-0.1, -0.05) is 13.8 Å². The van der Waals surface area contributed by atoms with E-state index in [4.69, 9.17) is 0 Å². The predicted molar refractivity (Wildman–Crippen MR) is 74.6 cm³/mol. The number of amides is 1. The van der Waals surface area contributed by atoms with Crippen molar-refractivity contribution in [2.75, 3.05) is 6.61 Å².